The molecule has 3 N–H and O–H groups in total. The van der Waals surface area contributed by atoms with Crippen molar-refractivity contribution >= 4 is 23.2 Å². The molecule has 2 amide bonds. The van der Waals surface area contributed by atoms with Crippen LogP contribution in [0.15, 0.2) is 59.8 Å². The van der Waals surface area contributed by atoms with Crippen LogP contribution in [0.5, 0.6) is 0 Å². The summed E-state index contributed by atoms with van der Waals surface area (Å²) < 4.78 is 0. The molecule has 1 aliphatic heterocycles. The number of oxime groups is 1. The van der Waals surface area contributed by atoms with Crippen molar-refractivity contribution in [2.45, 2.75) is 12.5 Å². The van der Waals surface area contributed by atoms with Crippen molar-refractivity contribution in [1.82, 2.24) is 0 Å². The van der Waals surface area contributed by atoms with Gasteiger partial charge in [0.05, 0.1) is 5.71 Å². The molecule has 3 rings (SSSR count). The van der Waals surface area contributed by atoms with E-state index in [1.165, 1.54) is 6.07 Å². The van der Waals surface area contributed by atoms with E-state index in [0.717, 1.165) is 11.3 Å². The maximum absolute atomic E-state index is 12.2. The lowest BCUT2D eigenvalue weighted by Gasteiger charge is -2.10. The maximum Gasteiger partial charge on any atom is 0.268 e. The van der Waals surface area contributed by atoms with Crippen LogP contribution < -0.4 is 11.1 Å². The molecule has 0 radical (unpaired) electrons. The van der Waals surface area contributed by atoms with Gasteiger partial charge in [0.25, 0.3) is 5.91 Å². The van der Waals surface area contributed by atoms with Crippen LogP contribution in [0, 0.1) is 0 Å². The number of carbonyl (C=O) groups excluding carboxylic acids is 2. The van der Waals surface area contributed by atoms with Gasteiger partial charge in [-0.3, -0.25) is 9.59 Å². The van der Waals surface area contributed by atoms with E-state index in [4.69, 9.17) is 10.6 Å². The molecule has 0 fully saturated rings. The number of nitrogens with two attached hydrogens (primary N) is 1. The van der Waals surface area contributed by atoms with Gasteiger partial charge in [-0.1, -0.05) is 41.6 Å². The molecular formula is C17H15N3O3. The Kier molecular flexibility index (Phi) is 4.05. The topological polar surface area (TPSA) is 93.8 Å². The lowest BCUT2D eigenvalue weighted by atomic mass is 10.0. The summed E-state index contributed by atoms with van der Waals surface area (Å²) in [5.74, 6) is -0.866. The zero-order valence-electron chi connectivity index (χ0n) is 12.2. The number of hydrogen-bond donors (Lipinski definition) is 2. The Morgan fingerprint density at radius 2 is 1.91 bits per heavy atom. The summed E-state index contributed by atoms with van der Waals surface area (Å²) in [6.45, 7) is 0. The molecule has 6 heteroatoms. The monoisotopic (exact) mass is 309 g/mol. The summed E-state index contributed by atoms with van der Waals surface area (Å²) in [5.41, 5.74) is 7.70. The van der Waals surface area contributed by atoms with Crippen LogP contribution in [0.4, 0.5) is 5.69 Å². The number of primary amides is 1. The standard InChI is InChI=1S/C17H15N3O3/c18-16(21)12-7-4-8-13(9-12)19-17(22)15-10-14(20-23-15)11-5-2-1-3-6-11/h1-9,15H,10H2,(H2,18,21)(H,19,22). The Morgan fingerprint density at radius 1 is 1.13 bits per heavy atom. The lowest BCUT2D eigenvalue weighted by Crippen LogP contribution is -2.28. The third-order valence-corrected chi connectivity index (χ3v) is 3.48. The van der Waals surface area contributed by atoms with Gasteiger partial charge in [0, 0.05) is 17.7 Å². The maximum atomic E-state index is 12.2. The van der Waals surface area contributed by atoms with Gasteiger partial charge in [-0.15, -0.1) is 0 Å². The Labute approximate surface area is 132 Å². The van der Waals surface area contributed by atoms with Gasteiger partial charge < -0.3 is 15.9 Å². The molecule has 23 heavy (non-hydrogen) atoms. The van der Waals surface area contributed by atoms with Crippen molar-refractivity contribution in [1.29, 1.82) is 0 Å². The van der Waals surface area contributed by atoms with Crippen LogP contribution >= 0.6 is 0 Å². The third-order valence-electron chi connectivity index (χ3n) is 3.48. The number of rotatable bonds is 4. The highest BCUT2D eigenvalue weighted by Crippen LogP contribution is 2.18. The van der Waals surface area contributed by atoms with Crippen molar-refractivity contribution in [2.75, 3.05) is 5.32 Å². The molecule has 0 aromatic heterocycles. The highest BCUT2D eigenvalue weighted by atomic mass is 16.6. The van der Waals surface area contributed by atoms with E-state index < -0.39 is 12.0 Å². The Hall–Kier alpha value is -3.15. The van der Waals surface area contributed by atoms with Crippen molar-refractivity contribution in [3.05, 3.63) is 65.7 Å². The molecule has 0 spiro atoms. The molecule has 1 heterocycles. The fraction of sp³-hybridized carbons (Fsp3) is 0.118. The molecular weight excluding hydrogens is 294 g/mol. The fourth-order valence-electron chi connectivity index (χ4n) is 2.29. The first-order valence-electron chi connectivity index (χ1n) is 7.12. The van der Waals surface area contributed by atoms with Crippen molar-refractivity contribution < 1.29 is 14.4 Å². The predicted molar refractivity (Wildman–Crippen MR) is 86.1 cm³/mol. The normalized spacial score (nSPS) is 16.3. The van der Waals surface area contributed by atoms with E-state index in [2.05, 4.69) is 10.5 Å². The predicted octanol–water partition coefficient (Wildman–Crippen LogP) is 1.92. The van der Waals surface area contributed by atoms with Crippen LogP contribution in [0.1, 0.15) is 22.3 Å². The molecule has 0 saturated carbocycles. The number of benzene rings is 2. The van der Waals surface area contributed by atoms with Crippen LogP contribution in [0.25, 0.3) is 0 Å². The number of anilines is 1. The van der Waals surface area contributed by atoms with Gasteiger partial charge in [0.2, 0.25) is 12.0 Å². The fourth-order valence-corrected chi connectivity index (χ4v) is 2.29. The number of carbonyl (C=O) groups is 2. The average Bonchev–Trinajstić information content (AvgIpc) is 3.06. The minimum absolute atomic E-state index is 0.318. The lowest BCUT2D eigenvalue weighted by molar-refractivity contribution is -0.125. The van der Waals surface area contributed by atoms with E-state index in [1.54, 1.807) is 18.2 Å². The molecule has 2 aromatic carbocycles. The first-order valence-corrected chi connectivity index (χ1v) is 7.12. The second-order valence-corrected chi connectivity index (χ2v) is 5.14. The first-order chi connectivity index (χ1) is 11.1. The average molecular weight is 309 g/mol. The largest absolute Gasteiger partial charge is 0.382 e. The second-order valence-electron chi connectivity index (χ2n) is 5.14. The molecule has 1 aliphatic rings. The summed E-state index contributed by atoms with van der Waals surface area (Å²) in [4.78, 5) is 28.6. The van der Waals surface area contributed by atoms with Gasteiger partial charge in [0.1, 0.15) is 0 Å². The summed E-state index contributed by atoms with van der Waals surface area (Å²) in [6.07, 6.45) is -0.298. The van der Waals surface area contributed by atoms with Crippen molar-refractivity contribution in [3.63, 3.8) is 0 Å². The Bertz CT molecular complexity index is 772. The van der Waals surface area contributed by atoms with Gasteiger partial charge in [-0.05, 0) is 23.8 Å². The molecule has 6 nitrogen and oxygen atoms in total. The van der Waals surface area contributed by atoms with Gasteiger partial charge >= 0.3 is 0 Å². The van der Waals surface area contributed by atoms with Gasteiger partial charge in [-0.25, -0.2) is 0 Å². The van der Waals surface area contributed by atoms with Crippen molar-refractivity contribution in [2.24, 2.45) is 10.9 Å². The number of nitrogens with one attached hydrogen (secondary N) is 1. The van der Waals surface area contributed by atoms with Gasteiger partial charge in [0.15, 0.2) is 0 Å². The summed E-state index contributed by atoms with van der Waals surface area (Å²) in [7, 11) is 0. The molecule has 0 aliphatic carbocycles. The third kappa shape index (κ3) is 3.37. The molecule has 2 aromatic rings. The zero-order valence-corrected chi connectivity index (χ0v) is 12.2. The molecule has 1 atom stereocenters. The minimum Gasteiger partial charge on any atom is -0.382 e. The quantitative estimate of drug-likeness (QED) is 0.903. The Morgan fingerprint density at radius 3 is 2.65 bits per heavy atom. The molecule has 0 saturated heterocycles. The van der Waals surface area contributed by atoms with Crippen LogP contribution in [0.3, 0.4) is 0 Å². The summed E-state index contributed by atoms with van der Waals surface area (Å²) in [6, 6.07) is 16.0. The van der Waals surface area contributed by atoms with Gasteiger partial charge in [-0.2, -0.15) is 0 Å². The minimum atomic E-state index is -0.692. The Balaban J connectivity index is 1.64. The van der Waals surface area contributed by atoms with Crippen LogP contribution in [0.2, 0.25) is 0 Å². The highest BCUT2D eigenvalue weighted by Gasteiger charge is 2.28. The highest BCUT2D eigenvalue weighted by molar-refractivity contribution is 6.06. The van der Waals surface area contributed by atoms with E-state index >= 15 is 0 Å². The van der Waals surface area contributed by atoms with Crippen LogP contribution in [-0.4, -0.2) is 23.6 Å². The number of amides is 2. The second kappa shape index (κ2) is 6.31. The smallest absolute Gasteiger partial charge is 0.268 e. The summed E-state index contributed by atoms with van der Waals surface area (Å²) in [5, 5.41) is 6.68. The first kappa shape index (κ1) is 14.8. The molecule has 0 bridgehead atoms. The van der Waals surface area contributed by atoms with E-state index in [-0.39, 0.29) is 5.91 Å². The summed E-state index contributed by atoms with van der Waals surface area (Å²) >= 11 is 0. The SMILES string of the molecule is NC(=O)c1cccc(NC(=O)C2CC(c3ccccc3)=NO2)c1. The van der Waals surface area contributed by atoms with Crippen molar-refractivity contribution in [3.8, 4) is 0 Å². The zero-order chi connectivity index (χ0) is 16.2. The van der Waals surface area contributed by atoms with E-state index in [1.807, 2.05) is 30.3 Å². The number of hydrogen-bond acceptors (Lipinski definition) is 4. The molecule has 116 valence electrons. The molecule has 1 unspecified atom stereocenters. The van der Waals surface area contributed by atoms with E-state index in [0.29, 0.717) is 17.7 Å². The van der Waals surface area contributed by atoms with Crippen LogP contribution in [-0.2, 0) is 9.63 Å². The number of nitrogens with zero attached hydrogens (tertiary/aromatic N) is 1. The van der Waals surface area contributed by atoms with E-state index in [9.17, 15) is 9.59 Å².